The van der Waals surface area contributed by atoms with Crippen molar-refractivity contribution in [2.75, 3.05) is 9.80 Å². The second-order valence-corrected chi connectivity index (χ2v) is 23.3. The average Bonchev–Trinajstić information content (AvgIpc) is 3.86. The van der Waals surface area contributed by atoms with E-state index in [2.05, 4.69) is 223 Å². The molecule has 334 valence electrons. The molecule has 3 aliphatic carbocycles. The Labute approximate surface area is 398 Å². The van der Waals surface area contributed by atoms with Crippen molar-refractivity contribution in [3.05, 3.63) is 180 Å². The zero-order valence-electron chi connectivity index (χ0n) is 40.8. The summed E-state index contributed by atoms with van der Waals surface area (Å²) in [7, 11) is 0. The van der Waals surface area contributed by atoms with Crippen molar-refractivity contribution in [2.45, 2.75) is 122 Å². The van der Waals surface area contributed by atoms with E-state index in [-0.39, 0.29) is 27.3 Å². The molecule has 2 saturated carbocycles. The van der Waals surface area contributed by atoms with E-state index in [4.69, 9.17) is 0 Å². The number of para-hydroxylation sites is 2. The minimum atomic E-state index is -0.190. The molecule has 0 radical (unpaired) electrons. The average molecular weight is 873 g/mol. The summed E-state index contributed by atoms with van der Waals surface area (Å²) in [4.78, 5) is 5.41. The summed E-state index contributed by atoms with van der Waals surface area (Å²) in [6, 6.07) is 61.1. The monoisotopic (exact) mass is 873 g/mol. The van der Waals surface area contributed by atoms with Crippen LogP contribution in [0.5, 0.6) is 0 Å². The lowest BCUT2D eigenvalue weighted by Gasteiger charge is -2.55. The Balaban J connectivity index is 0.916. The number of hydrogen-bond donors (Lipinski definition) is 0. The van der Waals surface area contributed by atoms with Crippen LogP contribution < -0.4 is 9.80 Å². The van der Waals surface area contributed by atoms with Crippen LogP contribution in [0, 0.1) is 10.8 Å². The van der Waals surface area contributed by atoms with Crippen LogP contribution >= 0.6 is 0 Å². The second-order valence-electron chi connectivity index (χ2n) is 23.3. The predicted molar refractivity (Wildman–Crippen MR) is 285 cm³/mol. The molecule has 8 aromatic rings. The first-order valence-corrected chi connectivity index (χ1v) is 25.4. The van der Waals surface area contributed by atoms with Crippen molar-refractivity contribution in [3.63, 3.8) is 0 Å². The Bertz CT molecular complexity index is 3340. The van der Waals surface area contributed by atoms with Gasteiger partial charge < -0.3 is 9.80 Å². The van der Waals surface area contributed by atoms with Gasteiger partial charge in [0.15, 0.2) is 0 Å². The molecule has 2 heteroatoms. The number of nitrogens with zero attached hydrogens (tertiary/aromatic N) is 2. The summed E-state index contributed by atoms with van der Waals surface area (Å²) in [5.41, 5.74) is 19.5. The number of anilines is 4. The molecule has 2 fully saturated rings. The van der Waals surface area contributed by atoms with Crippen molar-refractivity contribution in [1.82, 2.24) is 0 Å². The maximum atomic E-state index is 2.71. The lowest BCUT2D eigenvalue weighted by atomic mass is 9.58. The Morgan fingerprint density at radius 1 is 0.418 bits per heavy atom. The van der Waals surface area contributed by atoms with Gasteiger partial charge >= 0.3 is 0 Å². The minimum Gasteiger partial charge on any atom is -0.334 e. The Morgan fingerprint density at radius 3 is 1.43 bits per heavy atom. The van der Waals surface area contributed by atoms with Crippen LogP contribution in [0.15, 0.2) is 158 Å². The molecule has 8 aromatic carbocycles. The van der Waals surface area contributed by atoms with Gasteiger partial charge in [0, 0.05) is 40.0 Å². The van der Waals surface area contributed by atoms with Gasteiger partial charge in [-0.3, -0.25) is 0 Å². The summed E-state index contributed by atoms with van der Waals surface area (Å²) in [6.45, 7) is 20.1. The van der Waals surface area contributed by atoms with Crippen LogP contribution in [0.25, 0.3) is 54.9 Å². The molecule has 0 bridgehead atoms. The van der Waals surface area contributed by atoms with Crippen molar-refractivity contribution < 1.29 is 0 Å². The van der Waals surface area contributed by atoms with E-state index in [1.807, 2.05) is 0 Å². The van der Waals surface area contributed by atoms with Gasteiger partial charge in [0.05, 0.1) is 11.1 Å². The fraction of sp³-hybridized carbons (Fsp3) is 0.323. The first kappa shape index (κ1) is 41.1. The van der Waals surface area contributed by atoms with Gasteiger partial charge in [0.1, 0.15) is 0 Å². The van der Waals surface area contributed by atoms with E-state index in [0.29, 0.717) is 11.8 Å². The summed E-state index contributed by atoms with van der Waals surface area (Å²) in [5.74, 6) is 0.949. The maximum absolute atomic E-state index is 2.71. The molecule has 0 spiro atoms. The first-order chi connectivity index (χ1) is 32.2. The largest absolute Gasteiger partial charge is 0.334 e. The topological polar surface area (TPSA) is 6.48 Å². The van der Waals surface area contributed by atoms with E-state index in [1.165, 1.54) is 138 Å². The predicted octanol–water partition coefficient (Wildman–Crippen LogP) is 18.0. The van der Waals surface area contributed by atoms with Crippen molar-refractivity contribution in [2.24, 2.45) is 10.8 Å². The lowest BCUT2D eigenvalue weighted by molar-refractivity contribution is 0.101. The van der Waals surface area contributed by atoms with E-state index in [1.54, 1.807) is 0 Å². The van der Waals surface area contributed by atoms with Crippen LogP contribution in [0.4, 0.5) is 22.7 Å². The van der Waals surface area contributed by atoms with Crippen LogP contribution in [-0.2, 0) is 5.41 Å². The number of hydrogen-bond acceptors (Lipinski definition) is 2. The first-order valence-electron chi connectivity index (χ1n) is 25.4. The summed E-state index contributed by atoms with van der Waals surface area (Å²) < 4.78 is 0. The molecule has 4 unspecified atom stereocenters. The highest BCUT2D eigenvalue weighted by Gasteiger charge is 2.60. The fourth-order valence-corrected chi connectivity index (χ4v) is 15.1. The van der Waals surface area contributed by atoms with Crippen molar-refractivity contribution >= 4 is 44.3 Å². The van der Waals surface area contributed by atoms with E-state index in [0.717, 1.165) is 0 Å². The molecule has 2 heterocycles. The summed E-state index contributed by atoms with van der Waals surface area (Å²) >= 11 is 0. The third kappa shape index (κ3) is 5.39. The molecule has 0 amide bonds. The highest BCUT2D eigenvalue weighted by molar-refractivity contribution is 6.19. The van der Waals surface area contributed by atoms with Crippen molar-refractivity contribution in [1.29, 1.82) is 0 Å². The molecule has 2 nitrogen and oxygen atoms in total. The molecular weight excluding hydrogens is 809 g/mol. The van der Waals surface area contributed by atoms with Gasteiger partial charge in [-0.15, -0.1) is 0 Å². The van der Waals surface area contributed by atoms with Crippen LogP contribution in [0.3, 0.4) is 0 Å². The van der Waals surface area contributed by atoms with Crippen LogP contribution in [-0.4, -0.2) is 11.1 Å². The SMILES string of the molecule is CC1(C)c2cc(-c3ccc4c(c3)C3CCCC(C)(C)C3(C)N4c3ccccc3)ccc2-c2c1c1ccc(-c3ccc4c(c3)C3CCCC(C)(C)C3(C)N4c3ccccc3)cc1c1ccccc21. The third-order valence-electron chi connectivity index (χ3n) is 19.2. The number of fused-ring (bicyclic) bond motifs is 14. The molecule has 0 N–H and O–H groups in total. The zero-order chi connectivity index (χ0) is 45.8. The van der Waals surface area contributed by atoms with E-state index < -0.39 is 0 Å². The highest BCUT2D eigenvalue weighted by atomic mass is 15.3. The van der Waals surface area contributed by atoms with E-state index in [9.17, 15) is 0 Å². The molecule has 2 aliphatic heterocycles. The molecule has 5 aliphatic rings. The van der Waals surface area contributed by atoms with Crippen LogP contribution in [0.1, 0.15) is 128 Å². The Hall–Kier alpha value is -6.12. The quantitative estimate of drug-likeness (QED) is 0.163. The lowest BCUT2D eigenvalue weighted by Crippen LogP contribution is -2.56. The smallest absolute Gasteiger partial charge is 0.0543 e. The molecule has 4 atom stereocenters. The molecule has 67 heavy (non-hydrogen) atoms. The maximum Gasteiger partial charge on any atom is 0.0543 e. The Morgan fingerprint density at radius 2 is 0.881 bits per heavy atom. The van der Waals surface area contributed by atoms with Gasteiger partial charge in [-0.2, -0.15) is 0 Å². The molecule has 0 saturated heterocycles. The molecular formula is C65H64N2. The fourth-order valence-electron chi connectivity index (χ4n) is 15.1. The number of rotatable bonds is 4. The van der Waals surface area contributed by atoms with Crippen molar-refractivity contribution in [3.8, 4) is 33.4 Å². The molecule has 0 aromatic heterocycles. The summed E-state index contributed by atoms with van der Waals surface area (Å²) in [5, 5.41) is 5.41. The van der Waals surface area contributed by atoms with Gasteiger partial charge in [0.2, 0.25) is 0 Å². The van der Waals surface area contributed by atoms with Gasteiger partial charge in [0.25, 0.3) is 0 Å². The normalized spacial score (nSPS) is 24.8. The number of benzene rings is 8. The van der Waals surface area contributed by atoms with Gasteiger partial charge in [-0.25, -0.2) is 0 Å². The summed E-state index contributed by atoms with van der Waals surface area (Å²) in [6.07, 6.45) is 7.48. The zero-order valence-corrected chi connectivity index (χ0v) is 40.8. The highest BCUT2D eigenvalue weighted by Crippen LogP contribution is 2.66. The van der Waals surface area contributed by atoms with Gasteiger partial charge in [-0.1, -0.05) is 151 Å². The van der Waals surface area contributed by atoms with E-state index >= 15 is 0 Å². The Kier molecular flexibility index (Phi) is 8.57. The standard InChI is InChI=1S/C65H64N2/c1-61(2)35-17-25-54-52-38-42(29-33-57(52)66(64(54,61)7)45-19-11-9-12-20-45)41-27-31-49-51(37-41)47-23-15-16-24-48(47)59-50-32-28-44(40-56(50)63(5,6)60(49)59)43-30-34-58-53(39-43)55-26-18-36-62(3,4)65(55,8)67(58)46-21-13-10-14-22-46/h9-16,19-24,27-34,37-40,54-55H,17-18,25-26,35-36H2,1-8H3. The second kappa shape index (κ2) is 14.0. The third-order valence-corrected chi connectivity index (χ3v) is 19.2. The van der Waals surface area contributed by atoms with Gasteiger partial charge in [-0.05, 0) is 188 Å². The molecule has 13 rings (SSSR count). The van der Waals surface area contributed by atoms with Crippen LogP contribution in [0.2, 0.25) is 0 Å². The minimum absolute atomic E-state index is 0.00475.